The minimum absolute atomic E-state index is 0.0385. The maximum absolute atomic E-state index is 13.0. The molecule has 5 nitrogen and oxygen atoms in total. The standard InChI is InChI=1S/C18H20N2O3S/c21-17-10-13(11-19(17)12-14-4-2-8-23-14)18(22)20-7-1-5-15(20)16-6-3-9-24-16/h2-4,6,8-9,13,15H,1,5,7,10-12H2/t13-,15+/m0/s1. The van der Waals surface area contributed by atoms with E-state index in [0.29, 0.717) is 19.5 Å². The van der Waals surface area contributed by atoms with Crippen molar-refractivity contribution in [1.29, 1.82) is 0 Å². The summed E-state index contributed by atoms with van der Waals surface area (Å²) in [5.41, 5.74) is 0. The molecule has 24 heavy (non-hydrogen) atoms. The number of amides is 2. The van der Waals surface area contributed by atoms with Crippen LogP contribution in [-0.2, 0) is 16.1 Å². The molecule has 0 aliphatic carbocycles. The van der Waals surface area contributed by atoms with Crippen LogP contribution in [0.3, 0.4) is 0 Å². The Balaban J connectivity index is 1.44. The van der Waals surface area contributed by atoms with Crippen LogP contribution in [0.5, 0.6) is 0 Å². The molecule has 4 heterocycles. The second kappa shape index (κ2) is 6.43. The Bertz CT molecular complexity index is 711. The highest BCUT2D eigenvalue weighted by Crippen LogP contribution is 2.36. The Morgan fingerprint density at radius 3 is 3.00 bits per heavy atom. The molecule has 2 aliphatic rings. The number of likely N-dealkylation sites (tertiary alicyclic amines) is 2. The van der Waals surface area contributed by atoms with Crippen LogP contribution < -0.4 is 0 Å². The van der Waals surface area contributed by atoms with Crippen molar-refractivity contribution in [2.24, 2.45) is 5.92 Å². The number of hydrogen-bond acceptors (Lipinski definition) is 4. The van der Waals surface area contributed by atoms with E-state index in [1.807, 2.05) is 23.1 Å². The fourth-order valence-corrected chi connectivity index (χ4v) is 4.60. The maximum Gasteiger partial charge on any atom is 0.228 e. The minimum Gasteiger partial charge on any atom is -0.467 e. The van der Waals surface area contributed by atoms with Crippen molar-refractivity contribution < 1.29 is 14.0 Å². The van der Waals surface area contributed by atoms with Crippen LogP contribution in [0.1, 0.15) is 35.9 Å². The molecule has 0 saturated carbocycles. The fourth-order valence-electron chi connectivity index (χ4n) is 3.72. The number of furan rings is 1. The Labute approximate surface area is 144 Å². The summed E-state index contributed by atoms with van der Waals surface area (Å²) in [6.45, 7) is 1.74. The molecule has 126 valence electrons. The molecule has 0 aromatic carbocycles. The van der Waals surface area contributed by atoms with E-state index in [4.69, 9.17) is 4.42 Å². The molecule has 0 spiro atoms. The number of thiophene rings is 1. The zero-order chi connectivity index (χ0) is 16.5. The van der Waals surface area contributed by atoms with Crippen molar-refractivity contribution in [3.8, 4) is 0 Å². The highest BCUT2D eigenvalue weighted by molar-refractivity contribution is 7.10. The quantitative estimate of drug-likeness (QED) is 0.856. The third-order valence-electron chi connectivity index (χ3n) is 4.90. The molecule has 0 unspecified atom stereocenters. The highest BCUT2D eigenvalue weighted by Gasteiger charge is 2.40. The Kier molecular flexibility index (Phi) is 4.14. The first-order valence-corrected chi connectivity index (χ1v) is 9.24. The van der Waals surface area contributed by atoms with Gasteiger partial charge in [-0.3, -0.25) is 9.59 Å². The first-order chi connectivity index (χ1) is 11.7. The van der Waals surface area contributed by atoms with Crippen LogP contribution in [-0.4, -0.2) is 34.7 Å². The molecular formula is C18H20N2O3S. The van der Waals surface area contributed by atoms with Gasteiger partial charge in [0.25, 0.3) is 0 Å². The zero-order valence-electron chi connectivity index (χ0n) is 13.4. The van der Waals surface area contributed by atoms with Crippen molar-refractivity contribution in [3.63, 3.8) is 0 Å². The first-order valence-electron chi connectivity index (χ1n) is 8.36. The van der Waals surface area contributed by atoms with E-state index in [-0.39, 0.29) is 23.8 Å². The van der Waals surface area contributed by atoms with Crippen molar-refractivity contribution >= 4 is 23.2 Å². The highest BCUT2D eigenvalue weighted by atomic mass is 32.1. The molecule has 4 rings (SSSR count). The Morgan fingerprint density at radius 2 is 2.25 bits per heavy atom. The van der Waals surface area contributed by atoms with E-state index >= 15 is 0 Å². The predicted octanol–water partition coefficient (Wildman–Crippen LogP) is 3.05. The largest absolute Gasteiger partial charge is 0.467 e. The van der Waals surface area contributed by atoms with Crippen molar-refractivity contribution in [2.75, 3.05) is 13.1 Å². The van der Waals surface area contributed by atoms with Gasteiger partial charge in [-0.2, -0.15) is 0 Å². The normalized spacial score (nSPS) is 24.1. The summed E-state index contributed by atoms with van der Waals surface area (Å²) < 4.78 is 5.32. The van der Waals surface area contributed by atoms with E-state index in [0.717, 1.165) is 25.1 Å². The molecule has 2 aromatic rings. The second-order valence-electron chi connectivity index (χ2n) is 6.46. The summed E-state index contributed by atoms with van der Waals surface area (Å²) in [5.74, 6) is 0.694. The van der Waals surface area contributed by atoms with Gasteiger partial charge in [0, 0.05) is 24.4 Å². The number of carbonyl (C=O) groups excluding carboxylic acids is 2. The van der Waals surface area contributed by atoms with Gasteiger partial charge in [0.2, 0.25) is 11.8 Å². The Morgan fingerprint density at radius 1 is 1.33 bits per heavy atom. The molecule has 2 amide bonds. The summed E-state index contributed by atoms with van der Waals surface area (Å²) in [7, 11) is 0. The molecule has 2 saturated heterocycles. The van der Waals surface area contributed by atoms with Gasteiger partial charge < -0.3 is 14.2 Å². The molecule has 0 bridgehead atoms. The van der Waals surface area contributed by atoms with Gasteiger partial charge in [-0.25, -0.2) is 0 Å². The second-order valence-corrected chi connectivity index (χ2v) is 7.44. The van der Waals surface area contributed by atoms with Gasteiger partial charge in [0.05, 0.1) is 24.8 Å². The smallest absolute Gasteiger partial charge is 0.228 e. The van der Waals surface area contributed by atoms with Crippen LogP contribution in [0.15, 0.2) is 40.3 Å². The van der Waals surface area contributed by atoms with E-state index in [9.17, 15) is 9.59 Å². The van der Waals surface area contributed by atoms with Crippen LogP contribution in [0.4, 0.5) is 0 Å². The van der Waals surface area contributed by atoms with Crippen molar-refractivity contribution in [2.45, 2.75) is 31.8 Å². The third kappa shape index (κ3) is 2.86. The van der Waals surface area contributed by atoms with Crippen LogP contribution in [0.25, 0.3) is 0 Å². The van der Waals surface area contributed by atoms with Crippen LogP contribution in [0, 0.1) is 5.92 Å². The SMILES string of the molecule is O=C1C[C@H](C(=O)N2CCC[C@@H]2c2cccs2)CN1Cc1ccco1. The zero-order valence-corrected chi connectivity index (χ0v) is 14.2. The van der Waals surface area contributed by atoms with Crippen LogP contribution in [0.2, 0.25) is 0 Å². The lowest BCUT2D eigenvalue weighted by molar-refractivity contribution is -0.136. The van der Waals surface area contributed by atoms with Gasteiger partial charge >= 0.3 is 0 Å². The predicted molar refractivity (Wildman–Crippen MR) is 90.2 cm³/mol. The lowest BCUT2D eigenvalue weighted by atomic mass is 10.1. The molecule has 2 aromatic heterocycles. The molecular weight excluding hydrogens is 324 g/mol. The fraction of sp³-hybridized carbons (Fsp3) is 0.444. The van der Waals surface area contributed by atoms with Gasteiger partial charge in [0.1, 0.15) is 5.76 Å². The lowest BCUT2D eigenvalue weighted by Gasteiger charge is -2.26. The summed E-state index contributed by atoms with van der Waals surface area (Å²) >= 11 is 1.70. The maximum atomic E-state index is 13.0. The first kappa shape index (κ1) is 15.4. The van der Waals surface area contributed by atoms with Crippen LogP contribution >= 0.6 is 11.3 Å². The molecule has 6 heteroatoms. The minimum atomic E-state index is -0.229. The molecule has 0 radical (unpaired) electrons. The average Bonchev–Trinajstić information content (AvgIpc) is 3.36. The summed E-state index contributed by atoms with van der Waals surface area (Å²) in [5, 5.41) is 2.06. The summed E-state index contributed by atoms with van der Waals surface area (Å²) in [6, 6.07) is 7.99. The Hall–Kier alpha value is -2.08. The topological polar surface area (TPSA) is 53.8 Å². The van der Waals surface area contributed by atoms with Gasteiger partial charge in [-0.05, 0) is 36.4 Å². The van der Waals surface area contributed by atoms with E-state index < -0.39 is 0 Å². The van der Waals surface area contributed by atoms with Gasteiger partial charge in [-0.15, -0.1) is 11.3 Å². The van der Waals surface area contributed by atoms with Gasteiger partial charge in [0.15, 0.2) is 0 Å². The number of nitrogens with zero attached hydrogens (tertiary/aromatic N) is 2. The number of carbonyl (C=O) groups is 2. The monoisotopic (exact) mass is 344 g/mol. The van der Waals surface area contributed by atoms with Gasteiger partial charge in [-0.1, -0.05) is 6.07 Å². The molecule has 0 N–H and O–H groups in total. The van der Waals surface area contributed by atoms with E-state index in [1.165, 1.54) is 4.88 Å². The summed E-state index contributed by atoms with van der Waals surface area (Å²) in [4.78, 5) is 30.2. The third-order valence-corrected chi connectivity index (χ3v) is 5.87. The number of rotatable bonds is 4. The van der Waals surface area contributed by atoms with E-state index in [1.54, 1.807) is 22.5 Å². The summed E-state index contributed by atoms with van der Waals surface area (Å²) in [6.07, 6.45) is 3.97. The van der Waals surface area contributed by atoms with E-state index in [2.05, 4.69) is 11.4 Å². The van der Waals surface area contributed by atoms with Crippen molar-refractivity contribution in [3.05, 3.63) is 46.5 Å². The molecule has 2 atom stereocenters. The molecule has 2 fully saturated rings. The molecule has 2 aliphatic heterocycles. The average molecular weight is 344 g/mol. The van der Waals surface area contributed by atoms with Crippen molar-refractivity contribution in [1.82, 2.24) is 9.80 Å². The number of hydrogen-bond donors (Lipinski definition) is 0. The lowest BCUT2D eigenvalue weighted by Crippen LogP contribution is -2.36.